The second-order valence-corrected chi connectivity index (χ2v) is 3.48. The molecular formula is C11H18N2. The second-order valence-electron chi connectivity index (χ2n) is 3.48. The van der Waals surface area contributed by atoms with Gasteiger partial charge in [0.25, 0.3) is 0 Å². The minimum absolute atomic E-state index is 0.593. The van der Waals surface area contributed by atoms with Crippen molar-refractivity contribution in [3.05, 3.63) is 23.8 Å². The molecule has 13 heavy (non-hydrogen) atoms. The number of hydrogen-bond donors (Lipinski definition) is 0. The zero-order valence-corrected chi connectivity index (χ0v) is 8.75. The summed E-state index contributed by atoms with van der Waals surface area (Å²) < 4.78 is 0. The van der Waals surface area contributed by atoms with E-state index >= 15 is 0 Å². The van der Waals surface area contributed by atoms with Crippen LogP contribution in [0.2, 0.25) is 0 Å². The van der Waals surface area contributed by atoms with Crippen LogP contribution in [0.3, 0.4) is 0 Å². The number of nitrogens with zero attached hydrogens (tertiary/aromatic N) is 2. The SMILES string of the molecule is CCCC(C)c1cnc(CC)nc1. The highest BCUT2D eigenvalue weighted by molar-refractivity contribution is 5.10. The molecular weight excluding hydrogens is 160 g/mol. The van der Waals surface area contributed by atoms with Crippen molar-refractivity contribution in [2.75, 3.05) is 0 Å². The predicted octanol–water partition coefficient (Wildman–Crippen LogP) is 2.94. The van der Waals surface area contributed by atoms with Gasteiger partial charge in [0.05, 0.1) is 0 Å². The van der Waals surface area contributed by atoms with Gasteiger partial charge in [-0.2, -0.15) is 0 Å². The molecule has 1 heterocycles. The first-order valence-electron chi connectivity index (χ1n) is 5.08. The summed E-state index contributed by atoms with van der Waals surface area (Å²) in [6, 6.07) is 0. The summed E-state index contributed by atoms with van der Waals surface area (Å²) >= 11 is 0. The van der Waals surface area contributed by atoms with E-state index in [-0.39, 0.29) is 0 Å². The van der Waals surface area contributed by atoms with Gasteiger partial charge in [-0.25, -0.2) is 9.97 Å². The van der Waals surface area contributed by atoms with E-state index in [9.17, 15) is 0 Å². The Balaban J connectivity index is 2.67. The van der Waals surface area contributed by atoms with Crippen LogP contribution in [0.1, 0.15) is 50.9 Å². The summed E-state index contributed by atoms with van der Waals surface area (Å²) in [6.45, 7) is 6.51. The van der Waals surface area contributed by atoms with Crippen molar-refractivity contribution < 1.29 is 0 Å². The average molecular weight is 178 g/mol. The first-order chi connectivity index (χ1) is 6.27. The van der Waals surface area contributed by atoms with Crippen molar-refractivity contribution in [3.8, 4) is 0 Å². The van der Waals surface area contributed by atoms with E-state index in [1.54, 1.807) is 0 Å². The van der Waals surface area contributed by atoms with Crippen LogP contribution in [0, 0.1) is 0 Å². The Hall–Kier alpha value is -0.920. The molecule has 2 nitrogen and oxygen atoms in total. The number of hydrogen-bond acceptors (Lipinski definition) is 2. The molecule has 72 valence electrons. The van der Waals surface area contributed by atoms with Gasteiger partial charge in [0.15, 0.2) is 0 Å². The number of rotatable bonds is 4. The van der Waals surface area contributed by atoms with E-state index in [0.717, 1.165) is 12.2 Å². The van der Waals surface area contributed by atoms with Crippen molar-refractivity contribution >= 4 is 0 Å². The van der Waals surface area contributed by atoms with Crippen molar-refractivity contribution in [1.29, 1.82) is 0 Å². The Morgan fingerprint density at radius 2 is 1.85 bits per heavy atom. The quantitative estimate of drug-likeness (QED) is 0.708. The number of aromatic nitrogens is 2. The van der Waals surface area contributed by atoms with Crippen LogP contribution in [-0.2, 0) is 6.42 Å². The number of aryl methyl sites for hydroxylation is 1. The summed E-state index contributed by atoms with van der Waals surface area (Å²) in [5, 5.41) is 0. The van der Waals surface area contributed by atoms with Crippen LogP contribution in [0.25, 0.3) is 0 Å². The normalized spacial score (nSPS) is 12.8. The summed E-state index contributed by atoms with van der Waals surface area (Å²) in [4.78, 5) is 8.58. The molecule has 0 aromatic carbocycles. The Morgan fingerprint density at radius 1 is 1.23 bits per heavy atom. The van der Waals surface area contributed by atoms with E-state index in [4.69, 9.17) is 0 Å². The highest BCUT2D eigenvalue weighted by Crippen LogP contribution is 2.18. The lowest BCUT2D eigenvalue weighted by molar-refractivity contribution is 0.657. The first-order valence-corrected chi connectivity index (χ1v) is 5.08. The highest BCUT2D eigenvalue weighted by Gasteiger charge is 2.04. The third-order valence-electron chi connectivity index (χ3n) is 2.33. The minimum Gasteiger partial charge on any atom is -0.241 e. The lowest BCUT2D eigenvalue weighted by Crippen LogP contribution is -1.98. The largest absolute Gasteiger partial charge is 0.241 e. The summed E-state index contributed by atoms with van der Waals surface area (Å²) in [7, 11) is 0. The lowest BCUT2D eigenvalue weighted by Gasteiger charge is -2.09. The minimum atomic E-state index is 0.593. The van der Waals surface area contributed by atoms with Gasteiger partial charge in [-0.15, -0.1) is 0 Å². The van der Waals surface area contributed by atoms with E-state index in [1.165, 1.54) is 18.4 Å². The first kappa shape index (κ1) is 10.2. The molecule has 0 aliphatic rings. The molecule has 0 fully saturated rings. The molecule has 0 saturated heterocycles. The lowest BCUT2D eigenvalue weighted by atomic mass is 10.00. The van der Waals surface area contributed by atoms with Crippen LogP contribution < -0.4 is 0 Å². The van der Waals surface area contributed by atoms with E-state index in [1.807, 2.05) is 12.4 Å². The summed E-state index contributed by atoms with van der Waals surface area (Å²) in [6.07, 6.45) is 7.28. The Morgan fingerprint density at radius 3 is 2.31 bits per heavy atom. The van der Waals surface area contributed by atoms with Crippen molar-refractivity contribution in [2.24, 2.45) is 0 Å². The Labute approximate surface area is 80.4 Å². The van der Waals surface area contributed by atoms with Crippen molar-refractivity contribution in [1.82, 2.24) is 9.97 Å². The van der Waals surface area contributed by atoms with Crippen molar-refractivity contribution in [3.63, 3.8) is 0 Å². The molecule has 1 unspecified atom stereocenters. The maximum absolute atomic E-state index is 4.29. The van der Waals surface area contributed by atoms with Gasteiger partial charge < -0.3 is 0 Å². The third kappa shape index (κ3) is 2.79. The maximum atomic E-state index is 4.29. The molecule has 0 bridgehead atoms. The molecule has 0 amide bonds. The van der Waals surface area contributed by atoms with Crippen LogP contribution in [-0.4, -0.2) is 9.97 Å². The van der Waals surface area contributed by atoms with Gasteiger partial charge in [-0.3, -0.25) is 0 Å². The zero-order valence-electron chi connectivity index (χ0n) is 8.75. The Kier molecular flexibility index (Phi) is 3.87. The zero-order chi connectivity index (χ0) is 9.68. The van der Waals surface area contributed by atoms with Gasteiger partial charge >= 0.3 is 0 Å². The summed E-state index contributed by atoms with van der Waals surface area (Å²) in [5.74, 6) is 1.53. The van der Waals surface area contributed by atoms with Gasteiger partial charge in [0.2, 0.25) is 0 Å². The molecule has 1 atom stereocenters. The molecule has 0 spiro atoms. The van der Waals surface area contributed by atoms with E-state index < -0.39 is 0 Å². The highest BCUT2D eigenvalue weighted by atomic mass is 14.9. The monoisotopic (exact) mass is 178 g/mol. The van der Waals surface area contributed by atoms with Crippen LogP contribution in [0.5, 0.6) is 0 Å². The van der Waals surface area contributed by atoms with Gasteiger partial charge in [-0.05, 0) is 17.9 Å². The molecule has 1 rings (SSSR count). The van der Waals surface area contributed by atoms with Gasteiger partial charge in [0.1, 0.15) is 5.82 Å². The second kappa shape index (κ2) is 4.95. The fourth-order valence-corrected chi connectivity index (χ4v) is 1.40. The smallest absolute Gasteiger partial charge is 0.127 e. The molecule has 2 heteroatoms. The third-order valence-corrected chi connectivity index (χ3v) is 2.33. The average Bonchev–Trinajstić information content (AvgIpc) is 2.18. The van der Waals surface area contributed by atoms with Crippen LogP contribution in [0.4, 0.5) is 0 Å². The Bertz CT molecular complexity index is 241. The molecule has 0 aliphatic carbocycles. The standard InChI is InChI=1S/C11H18N2/c1-4-6-9(3)10-7-12-11(5-2)13-8-10/h7-9H,4-6H2,1-3H3. The van der Waals surface area contributed by atoms with Gasteiger partial charge in [0, 0.05) is 18.8 Å². The summed E-state index contributed by atoms with van der Waals surface area (Å²) in [5.41, 5.74) is 1.26. The maximum Gasteiger partial charge on any atom is 0.127 e. The topological polar surface area (TPSA) is 25.8 Å². The molecule has 0 N–H and O–H groups in total. The van der Waals surface area contributed by atoms with E-state index in [0.29, 0.717) is 5.92 Å². The van der Waals surface area contributed by atoms with Crippen LogP contribution >= 0.6 is 0 Å². The molecule has 1 aromatic heterocycles. The van der Waals surface area contributed by atoms with Crippen molar-refractivity contribution in [2.45, 2.75) is 46.0 Å². The van der Waals surface area contributed by atoms with Crippen LogP contribution in [0.15, 0.2) is 12.4 Å². The molecule has 0 saturated carbocycles. The fourth-order valence-electron chi connectivity index (χ4n) is 1.40. The molecule has 0 aliphatic heterocycles. The molecule has 1 aromatic rings. The van der Waals surface area contributed by atoms with Gasteiger partial charge in [-0.1, -0.05) is 27.2 Å². The fraction of sp³-hybridized carbons (Fsp3) is 0.636. The predicted molar refractivity (Wildman–Crippen MR) is 54.7 cm³/mol. The molecule has 0 radical (unpaired) electrons. The van der Waals surface area contributed by atoms with E-state index in [2.05, 4.69) is 30.7 Å².